The molecule has 0 saturated heterocycles. The third kappa shape index (κ3) is 5.55. The molecule has 0 radical (unpaired) electrons. The fourth-order valence-electron chi connectivity index (χ4n) is 4.21. The first-order valence-electron chi connectivity index (χ1n) is 10.7. The molecule has 3 atom stereocenters. The summed E-state index contributed by atoms with van der Waals surface area (Å²) in [6.07, 6.45) is 6.29. The normalized spacial score (nSPS) is 19.7. The van der Waals surface area contributed by atoms with Gasteiger partial charge in [0, 0.05) is 12.1 Å². The molecule has 27 heavy (non-hydrogen) atoms. The van der Waals surface area contributed by atoms with Gasteiger partial charge in [-0.15, -0.1) is 0 Å². The molecule has 5 heteroatoms. The summed E-state index contributed by atoms with van der Waals surface area (Å²) >= 11 is 0. The van der Waals surface area contributed by atoms with E-state index in [1.807, 2.05) is 13.8 Å². The largest absolute Gasteiger partial charge is 0.300 e. The lowest BCUT2D eigenvalue weighted by Gasteiger charge is -2.36. The van der Waals surface area contributed by atoms with Crippen molar-refractivity contribution >= 4 is 10.0 Å². The van der Waals surface area contributed by atoms with Crippen molar-refractivity contribution in [3.8, 4) is 0 Å². The van der Waals surface area contributed by atoms with Crippen LogP contribution in [0.2, 0.25) is 0 Å². The minimum absolute atomic E-state index is 0.191. The summed E-state index contributed by atoms with van der Waals surface area (Å²) in [5.41, 5.74) is 3.91. The predicted octanol–water partition coefficient (Wildman–Crippen LogP) is 4.44. The van der Waals surface area contributed by atoms with E-state index < -0.39 is 10.0 Å². The van der Waals surface area contributed by atoms with Gasteiger partial charge >= 0.3 is 0 Å². The molecule has 0 bridgehead atoms. The smallest absolute Gasteiger partial charge is 0.214 e. The number of fused-ring (bicyclic) bond motifs is 1. The fourth-order valence-corrected chi connectivity index (χ4v) is 5.50. The Morgan fingerprint density at radius 2 is 1.81 bits per heavy atom. The zero-order valence-corrected chi connectivity index (χ0v) is 18.6. The number of rotatable bonds is 10. The van der Waals surface area contributed by atoms with E-state index in [0.29, 0.717) is 12.5 Å². The Kier molecular flexibility index (Phi) is 8.32. The molecule has 0 aliphatic heterocycles. The van der Waals surface area contributed by atoms with Gasteiger partial charge in [0.25, 0.3) is 0 Å². The summed E-state index contributed by atoms with van der Waals surface area (Å²) < 4.78 is 28.0. The lowest BCUT2D eigenvalue weighted by atomic mass is 9.83. The molecule has 3 unspecified atom stereocenters. The quantitative estimate of drug-likeness (QED) is 0.638. The van der Waals surface area contributed by atoms with Crippen molar-refractivity contribution in [2.45, 2.75) is 90.5 Å². The third-order valence-corrected chi connectivity index (χ3v) is 8.02. The predicted molar refractivity (Wildman–Crippen MR) is 115 cm³/mol. The summed E-state index contributed by atoms with van der Waals surface area (Å²) in [6, 6.07) is 6.78. The molecule has 1 aliphatic carbocycles. The SMILES string of the molecule is CCCN(CCC)C1CCc2cccc(C(C)NS(=O)(=O)C(C)CC)c2C1. The number of nitrogens with zero attached hydrogens (tertiary/aromatic N) is 1. The van der Waals surface area contributed by atoms with Crippen LogP contribution in [0, 0.1) is 0 Å². The van der Waals surface area contributed by atoms with Crippen molar-refractivity contribution in [2.75, 3.05) is 13.1 Å². The Hall–Kier alpha value is -0.910. The highest BCUT2D eigenvalue weighted by molar-refractivity contribution is 7.90. The Morgan fingerprint density at radius 3 is 2.41 bits per heavy atom. The van der Waals surface area contributed by atoms with Crippen LogP contribution in [0.3, 0.4) is 0 Å². The van der Waals surface area contributed by atoms with Gasteiger partial charge in [0.05, 0.1) is 5.25 Å². The molecular weight excluding hydrogens is 356 g/mol. The van der Waals surface area contributed by atoms with Crippen molar-refractivity contribution in [1.29, 1.82) is 0 Å². The van der Waals surface area contributed by atoms with E-state index in [1.54, 1.807) is 6.92 Å². The molecule has 1 N–H and O–H groups in total. The van der Waals surface area contributed by atoms with Gasteiger partial charge in [-0.25, -0.2) is 13.1 Å². The fraction of sp³-hybridized carbons (Fsp3) is 0.727. The van der Waals surface area contributed by atoms with Gasteiger partial charge in [-0.05, 0) is 82.2 Å². The van der Waals surface area contributed by atoms with Crippen LogP contribution in [0.4, 0.5) is 0 Å². The average molecular weight is 395 g/mol. The number of sulfonamides is 1. The molecule has 0 aromatic heterocycles. The number of hydrogen-bond acceptors (Lipinski definition) is 3. The molecular formula is C22H38N2O2S. The summed E-state index contributed by atoms with van der Waals surface area (Å²) in [7, 11) is -3.29. The average Bonchev–Trinajstić information content (AvgIpc) is 2.65. The summed E-state index contributed by atoms with van der Waals surface area (Å²) in [4.78, 5) is 2.63. The summed E-state index contributed by atoms with van der Waals surface area (Å²) in [5, 5.41) is -0.364. The molecule has 0 spiro atoms. The zero-order valence-electron chi connectivity index (χ0n) is 17.8. The molecule has 1 aromatic carbocycles. The number of aryl methyl sites for hydroxylation is 1. The number of nitrogens with one attached hydrogen (secondary N) is 1. The zero-order chi connectivity index (χ0) is 20.0. The Morgan fingerprint density at radius 1 is 1.15 bits per heavy atom. The van der Waals surface area contributed by atoms with Gasteiger partial charge in [-0.2, -0.15) is 0 Å². The molecule has 154 valence electrons. The maximum atomic E-state index is 12.5. The van der Waals surface area contributed by atoms with Crippen molar-refractivity contribution in [3.05, 3.63) is 34.9 Å². The van der Waals surface area contributed by atoms with Crippen LogP contribution in [-0.4, -0.2) is 37.7 Å². The van der Waals surface area contributed by atoms with E-state index in [2.05, 4.69) is 41.7 Å². The standard InChI is InChI=1S/C22H38N2O2S/c1-6-14-24(15-7-2)20-13-12-19-10-9-11-21(22(19)16-20)18(5)23-27(25,26)17(4)8-3/h9-11,17-18,20,23H,6-8,12-16H2,1-5H3. The molecule has 4 nitrogen and oxygen atoms in total. The van der Waals surface area contributed by atoms with Gasteiger partial charge < -0.3 is 4.90 Å². The van der Waals surface area contributed by atoms with Crippen LogP contribution in [0.25, 0.3) is 0 Å². The van der Waals surface area contributed by atoms with Gasteiger partial charge in [0.15, 0.2) is 0 Å². The first kappa shape index (κ1) is 22.4. The first-order valence-corrected chi connectivity index (χ1v) is 12.2. The van der Waals surface area contributed by atoms with E-state index >= 15 is 0 Å². The van der Waals surface area contributed by atoms with Crippen LogP contribution >= 0.6 is 0 Å². The van der Waals surface area contributed by atoms with Gasteiger partial charge in [0.2, 0.25) is 10.0 Å². The van der Waals surface area contributed by atoms with Gasteiger partial charge in [-0.3, -0.25) is 0 Å². The second kappa shape index (κ2) is 10.0. The van der Waals surface area contributed by atoms with E-state index in [1.165, 1.54) is 30.4 Å². The molecule has 0 fully saturated rings. The molecule has 0 heterocycles. The van der Waals surface area contributed by atoms with Gasteiger partial charge in [-0.1, -0.05) is 39.0 Å². The second-order valence-corrected chi connectivity index (χ2v) is 10.2. The van der Waals surface area contributed by atoms with Crippen LogP contribution in [0.15, 0.2) is 18.2 Å². The lowest BCUT2D eigenvalue weighted by molar-refractivity contribution is 0.179. The van der Waals surface area contributed by atoms with Crippen molar-refractivity contribution in [2.24, 2.45) is 0 Å². The second-order valence-electron chi connectivity index (χ2n) is 8.02. The highest BCUT2D eigenvalue weighted by atomic mass is 32.2. The van der Waals surface area contributed by atoms with E-state index in [4.69, 9.17) is 0 Å². The topological polar surface area (TPSA) is 49.4 Å². The van der Waals surface area contributed by atoms with Crippen molar-refractivity contribution < 1.29 is 8.42 Å². The highest BCUT2D eigenvalue weighted by Crippen LogP contribution is 2.31. The minimum Gasteiger partial charge on any atom is -0.300 e. The summed E-state index contributed by atoms with van der Waals surface area (Å²) in [5.74, 6) is 0. The van der Waals surface area contributed by atoms with Crippen molar-refractivity contribution in [3.63, 3.8) is 0 Å². The monoisotopic (exact) mass is 394 g/mol. The molecule has 1 aliphatic rings. The minimum atomic E-state index is -3.29. The van der Waals surface area contributed by atoms with E-state index in [9.17, 15) is 8.42 Å². The third-order valence-electron chi connectivity index (χ3n) is 5.95. The first-order chi connectivity index (χ1) is 12.8. The van der Waals surface area contributed by atoms with E-state index in [-0.39, 0.29) is 11.3 Å². The summed E-state index contributed by atoms with van der Waals surface area (Å²) in [6.45, 7) is 12.5. The van der Waals surface area contributed by atoms with Crippen LogP contribution in [-0.2, 0) is 22.9 Å². The van der Waals surface area contributed by atoms with E-state index in [0.717, 1.165) is 31.5 Å². The Labute approximate surface area is 166 Å². The van der Waals surface area contributed by atoms with Crippen LogP contribution < -0.4 is 4.72 Å². The van der Waals surface area contributed by atoms with Crippen LogP contribution in [0.1, 0.15) is 83.0 Å². The number of benzene rings is 1. The molecule has 0 amide bonds. The lowest BCUT2D eigenvalue weighted by Crippen LogP contribution is -2.41. The maximum Gasteiger partial charge on any atom is 0.214 e. The molecule has 1 aromatic rings. The van der Waals surface area contributed by atoms with Crippen molar-refractivity contribution in [1.82, 2.24) is 9.62 Å². The Bertz CT molecular complexity index is 696. The maximum absolute atomic E-state index is 12.5. The molecule has 2 rings (SSSR count). The van der Waals surface area contributed by atoms with Crippen LogP contribution in [0.5, 0.6) is 0 Å². The number of hydrogen-bond donors (Lipinski definition) is 1. The van der Waals surface area contributed by atoms with Gasteiger partial charge in [0.1, 0.15) is 0 Å². The Balaban J connectivity index is 2.25. The highest BCUT2D eigenvalue weighted by Gasteiger charge is 2.28. The molecule has 0 saturated carbocycles.